The Bertz CT molecular complexity index is 268. The molecule has 1 heterocycles. The lowest BCUT2D eigenvalue weighted by Crippen LogP contribution is -2.47. The summed E-state index contributed by atoms with van der Waals surface area (Å²) in [5.41, 5.74) is 0. The van der Waals surface area contributed by atoms with E-state index in [0.29, 0.717) is 23.8 Å². The topological polar surface area (TPSA) is 40.5 Å². The van der Waals surface area contributed by atoms with Crippen molar-refractivity contribution in [1.82, 2.24) is 4.90 Å². The molecule has 106 valence electrons. The molecule has 2 unspecified atom stereocenters. The summed E-state index contributed by atoms with van der Waals surface area (Å²) in [7, 11) is 0. The zero-order valence-electron chi connectivity index (χ0n) is 12.5. The number of hydrogen-bond donors (Lipinski definition) is 1. The summed E-state index contributed by atoms with van der Waals surface area (Å²) in [4.78, 5) is 13.5. The van der Waals surface area contributed by atoms with Crippen LogP contribution in [0.4, 0.5) is 0 Å². The predicted octanol–water partition coefficient (Wildman–Crippen LogP) is 3.10. The maximum atomic E-state index is 11.1. The van der Waals surface area contributed by atoms with E-state index >= 15 is 0 Å². The summed E-state index contributed by atoms with van der Waals surface area (Å²) in [6.07, 6.45) is 1.85. The monoisotopic (exact) mass is 255 g/mol. The van der Waals surface area contributed by atoms with Gasteiger partial charge in [-0.1, -0.05) is 27.7 Å². The molecule has 0 aromatic rings. The van der Waals surface area contributed by atoms with Crippen molar-refractivity contribution in [3.8, 4) is 0 Å². The van der Waals surface area contributed by atoms with Gasteiger partial charge in [0.1, 0.15) is 0 Å². The van der Waals surface area contributed by atoms with E-state index in [1.807, 2.05) is 0 Å². The lowest BCUT2D eigenvalue weighted by Gasteiger charge is -2.40. The third kappa shape index (κ3) is 3.98. The molecular weight excluding hydrogens is 226 g/mol. The number of carboxylic acid groups (broad SMARTS) is 1. The van der Waals surface area contributed by atoms with E-state index in [9.17, 15) is 4.79 Å². The van der Waals surface area contributed by atoms with Gasteiger partial charge in [-0.3, -0.25) is 9.69 Å². The highest BCUT2D eigenvalue weighted by Crippen LogP contribution is 2.27. The fourth-order valence-electron chi connectivity index (χ4n) is 3.10. The fraction of sp³-hybridized carbons (Fsp3) is 0.933. The van der Waals surface area contributed by atoms with Crippen LogP contribution in [0, 0.1) is 23.7 Å². The standard InChI is InChI=1S/C15H29NO2/c1-10(2)14(11(3)4)9-16-8-13(15(17)18)7-6-12(16)5/h10-14H,6-9H2,1-5H3,(H,17,18). The number of rotatable bonds is 5. The summed E-state index contributed by atoms with van der Waals surface area (Å²) in [5, 5.41) is 9.17. The van der Waals surface area contributed by atoms with Gasteiger partial charge in [0.2, 0.25) is 0 Å². The highest BCUT2D eigenvalue weighted by Gasteiger charge is 2.32. The van der Waals surface area contributed by atoms with Gasteiger partial charge in [0.25, 0.3) is 0 Å². The molecule has 1 saturated heterocycles. The first-order chi connectivity index (χ1) is 8.32. The van der Waals surface area contributed by atoms with Crippen molar-refractivity contribution in [3.05, 3.63) is 0 Å². The average molecular weight is 255 g/mol. The van der Waals surface area contributed by atoms with Gasteiger partial charge in [-0.15, -0.1) is 0 Å². The Kier molecular flexibility index (Phi) is 5.64. The number of carboxylic acids is 1. The Morgan fingerprint density at radius 1 is 1.22 bits per heavy atom. The Hall–Kier alpha value is -0.570. The average Bonchev–Trinajstić information content (AvgIpc) is 2.26. The first kappa shape index (κ1) is 15.5. The molecular formula is C15H29NO2. The molecule has 3 heteroatoms. The molecule has 0 bridgehead atoms. The third-order valence-corrected chi connectivity index (χ3v) is 4.52. The molecule has 3 nitrogen and oxygen atoms in total. The van der Waals surface area contributed by atoms with Crippen molar-refractivity contribution in [3.63, 3.8) is 0 Å². The normalized spacial score (nSPS) is 26.2. The van der Waals surface area contributed by atoms with E-state index in [4.69, 9.17) is 5.11 Å². The van der Waals surface area contributed by atoms with E-state index < -0.39 is 5.97 Å². The molecule has 0 aromatic heterocycles. The van der Waals surface area contributed by atoms with Crippen molar-refractivity contribution >= 4 is 5.97 Å². The molecule has 0 spiro atoms. The summed E-state index contributed by atoms with van der Waals surface area (Å²) in [6, 6.07) is 0.528. The van der Waals surface area contributed by atoms with Gasteiger partial charge in [0, 0.05) is 19.1 Å². The lowest BCUT2D eigenvalue weighted by molar-refractivity contribution is -0.144. The highest BCUT2D eigenvalue weighted by atomic mass is 16.4. The van der Waals surface area contributed by atoms with E-state index in [1.54, 1.807) is 0 Å². The zero-order chi connectivity index (χ0) is 13.9. The van der Waals surface area contributed by atoms with Crippen molar-refractivity contribution in [1.29, 1.82) is 0 Å². The highest BCUT2D eigenvalue weighted by molar-refractivity contribution is 5.70. The maximum absolute atomic E-state index is 11.1. The molecule has 1 aliphatic rings. The molecule has 2 atom stereocenters. The number of aliphatic carboxylic acids is 1. The summed E-state index contributed by atoms with van der Waals surface area (Å²) in [5.74, 6) is 1.17. The second kappa shape index (κ2) is 6.55. The van der Waals surface area contributed by atoms with Crippen LogP contribution in [0.1, 0.15) is 47.5 Å². The zero-order valence-corrected chi connectivity index (χ0v) is 12.5. The SMILES string of the molecule is CC(C)C(CN1CC(C(=O)O)CCC1C)C(C)C. The molecule has 0 amide bonds. The van der Waals surface area contributed by atoms with Crippen LogP contribution < -0.4 is 0 Å². The van der Waals surface area contributed by atoms with Gasteiger partial charge < -0.3 is 5.11 Å². The number of nitrogens with zero attached hydrogens (tertiary/aromatic N) is 1. The van der Waals surface area contributed by atoms with E-state index in [0.717, 1.165) is 25.9 Å². The van der Waals surface area contributed by atoms with Crippen molar-refractivity contribution < 1.29 is 9.90 Å². The molecule has 0 radical (unpaired) electrons. The van der Waals surface area contributed by atoms with Gasteiger partial charge in [-0.25, -0.2) is 0 Å². The van der Waals surface area contributed by atoms with Gasteiger partial charge in [0.05, 0.1) is 5.92 Å². The number of carbonyl (C=O) groups is 1. The van der Waals surface area contributed by atoms with Crippen LogP contribution in [0.5, 0.6) is 0 Å². The first-order valence-corrected chi connectivity index (χ1v) is 7.29. The van der Waals surface area contributed by atoms with Crippen LogP contribution in [-0.4, -0.2) is 35.1 Å². The Morgan fingerprint density at radius 2 is 1.78 bits per heavy atom. The second-order valence-corrected chi connectivity index (χ2v) is 6.57. The number of hydrogen-bond acceptors (Lipinski definition) is 2. The smallest absolute Gasteiger partial charge is 0.307 e. The molecule has 1 aliphatic heterocycles. The van der Waals surface area contributed by atoms with E-state index in [2.05, 4.69) is 39.5 Å². The van der Waals surface area contributed by atoms with Crippen LogP contribution >= 0.6 is 0 Å². The van der Waals surface area contributed by atoms with Gasteiger partial charge in [-0.2, -0.15) is 0 Å². The molecule has 0 saturated carbocycles. The predicted molar refractivity (Wildman–Crippen MR) is 74.6 cm³/mol. The van der Waals surface area contributed by atoms with Crippen molar-refractivity contribution in [2.45, 2.75) is 53.5 Å². The Morgan fingerprint density at radius 3 is 2.22 bits per heavy atom. The van der Waals surface area contributed by atoms with Gasteiger partial charge in [-0.05, 0) is 37.5 Å². The van der Waals surface area contributed by atoms with Gasteiger partial charge >= 0.3 is 5.97 Å². The van der Waals surface area contributed by atoms with Gasteiger partial charge in [0.15, 0.2) is 0 Å². The Balaban J connectivity index is 2.65. The minimum absolute atomic E-state index is 0.166. The van der Waals surface area contributed by atoms with Crippen LogP contribution in [0.15, 0.2) is 0 Å². The summed E-state index contributed by atoms with van der Waals surface area (Å²) in [6.45, 7) is 13.1. The van der Waals surface area contributed by atoms with E-state index in [-0.39, 0.29) is 5.92 Å². The minimum atomic E-state index is -0.627. The molecule has 0 aliphatic carbocycles. The summed E-state index contributed by atoms with van der Waals surface area (Å²) >= 11 is 0. The summed E-state index contributed by atoms with van der Waals surface area (Å²) < 4.78 is 0. The molecule has 1 fully saturated rings. The van der Waals surface area contributed by atoms with E-state index in [1.165, 1.54) is 0 Å². The maximum Gasteiger partial charge on any atom is 0.307 e. The minimum Gasteiger partial charge on any atom is -0.481 e. The van der Waals surface area contributed by atoms with Crippen LogP contribution in [-0.2, 0) is 4.79 Å². The fourth-order valence-corrected chi connectivity index (χ4v) is 3.10. The molecule has 1 rings (SSSR count). The molecule has 0 aromatic carbocycles. The van der Waals surface area contributed by atoms with Crippen LogP contribution in [0.3, 0.4) is 0 Å². The van der Waals surface area contributed by atoms with Crippen LogP contribution in [0.2, 0.25) is 0 Å². The third-order valence-electron chi connectivity index (χ3n) is 4.52. The number of likely N-dealkylation sites (tertiary alicyclic amines) is 1. The lowest BCUT2D eigenvalue weighted by atomic mass is 9.83. The first-order valence-electron chi connectivity index (χ1n) is 7.29. The molecule has 1 N–H and O–H groups in total. The molecule has 18 heavy (non-hydrogen) atoms. The Labute approximate surface area is 112 Å². The largest absolute Gasteiger partial charge is 0.481 e. The quantitative estimate of drug-likeness (QED) is 0.820. The van der Waals surface area contributed by atoms with Crippen molar-refractivity contribution in [2.24, 2.45) is 23.7 Å². The van der Waals surface area contributed by atoms with Crippen molar-refractivity contribution in [2.75, 3.05) is 13.1 Å². The van der Waals surface area contributed by atoms with Crippen LogP contribution in [0.25, 0.3) is 0 Å². The number of piperidine rings is 1. The second-order valence-electron chi connectivity index (χ2n) is 6.57.